The highest BCUT2D eigenvalue weighted by atomic mass is 35.5. The fraction of sp³-hybridized carbons (Fsp3) is 0.0870. The van der Waals surface area contributed by atoms with Crippen LogP contribution in [0, 0.1) is 5.82 Å². The lowest BCUT2D eigenvalue weighted by atomic mass is 10.1. The number of hydrogen-bond donors (Lipinski definition) is 2. The van der Waals surface area contributed by atoms with E-state index in [1.54, 1.807) is 48.2 Å². The number of amides is 1. The average molecular weight is 425 g/mol. The molecule has 0 fully saturated rings. The fourth-order valence-electron chi connectivity index (χ4n) is 3.11. The highest BCUT2D eigenvalue weighted by Gasteiger charge is 2.14. The maximum absolute atomic E-state index is 13.3. The van der Waals surface area contributed by atoms with Crippen molar-refractivity contribution in [2.24, 2.45) is 0 Å². The van der Waals surface area contributed by atoms with E-state index in [-0.39, 0.29) is 11.7 Å². The first-order chi connectivity index (χ1) is 14.1. The molecule has 0 bridgehead atoms. The number of aromatic amines is 1. The van der Waals surface area contributed by atoms with Crippen LogP contribution in [0.3, 0.4) is 0 Å². The van der Waals surface area contributed by atoms with Gasteiger partial charge in [0.15, 0.2) is 0 Å². The van der Waals surface area contributed by atoms with Crippen molar-refractivity contribution in [1.82, 2.24) is 10.3 Å². The van der Waals surface area contributed by atoms with Crippen molar-refractivity contribution in [3.8, 4) is 11.3 Å². The van der Waals surface area contributed by atoms with Crippen LogP contribution in [0.2, 0.25) is 5.02 Å². The second kappa shape index (κ2) is 8.72. The molecule has 0 aliphatic rings. The van der Waals surface area contributed by atoms with Gasteiger partial charge in [0.25, 0.3) is 5.91 Å². The third kappa shape index (κ3) is 4.47. The third-order valence-electron chi connectivity index (χ3n) is 4.53. The van der Waals surface area contributed by atoms with Gasteiger partial charge in [0, 0.05) is 38.7 Å². The molecule has 4 aromatic rings. The van der Waals surface area contributed by atoms with Gasteiger partial charge in [-0.15, -0.1) is 11.8 Å². The summed E-state index contributed by atoms with van der Waals surface area (Å²) in [5.41, 5.74) is 3.49. The maximum atomic E-state index is 13.3. The predicted molar refractivity (Wildman–Crippen MR) is 118 cm³/mol. The zero-order valence-electron chi connectivity index (χ0n) is 15.4. The minimum atomic E-state index is -0.260. The quantitative estimate of drug-likeness (QED) is 0.288. The molecule has 0 spiro atoms. The van der Waals surface area contributed by atoms with Crippen molar-refractivity contribution in [3.63, 3.8) is 0 Å². The molecule has 0 aliphatic carbocycles. The monoisotopic (exact) mass is 424 g/mol. The molecule has 1 aromatic heterocycles. The summed E-state index contributed by atoms with van der Waals surface area (Å²) in [6.07, 6.45) is 0. The van der Waals surface area contributed by atoms with Gasteiger partial charge in [-0.2, -0.15) is 0 Å². The molecular weight excluding hydrogens is 407 g/mol. The summed E-state index contributed by atoms with van der Waals surface area (Å²) in [7, 11) is 0. The summed E-state index contributed by atoms with van der Waals surface area (Å²) in [6, 6.07) is 21.3. The topological polar surface area (TPSA) is 44.9 Å². The van der Waals surface area contributed by atoms with Crippen LogP contribution in [0.1, 0.15) is 10.4 Å². The number of nitrogens with one attached hydrogen (secondary N) is 2. The largest absolute Gasteiger partial charge is 0.354 e. The third-order valence-corrected chi connectivity index (χ3v) is 5.90. The number of hydrogen-bond acceptors (Lipinski definition) is 2. The summed E-state index contributed by atoms with van der Waals surface area (Å²) in [6.45, 7) is 0.522. The molecule has 2 N–H and O–H groups in total. The first-order valence-corrected chi connectivity index (χ1v) is 10.5. The Labute approximate surface area is 177 Å². The molecule has 6 heteroatoms. The molecule has 0 unspecified atom stereocenters. The normalized spacial score (nSPS) is 11.0. The molecule has 0 saturated carbocycles. The Balaban J connectivity index is 1.48. The van der Waals surface area contributed by atoms with Gasteiger partial charge in [-0.1, -0.05) is 29.8 Å². The zero-order chi connectivity index (χ0) is 20.2. The Morgan fingerprint density at radius 2 is 1.72 bits per heavy atom. The number of benzene rings is 3. The van der Waals surface area contributed by atoms with Gasteiger partial charge in [0.1, 0.15) is 5.82 Å². The molecule has 0 saturated heterocycles. The van der Waals surface area contributed by atoms with Gasteiger partial charge in [-0.05, 0) is 60.2 Å². The van der Waals surface area contributed by atoms with Crippen LogP contribution >= 0.6 is 23.4 Å². The van der Waals surface area contributed by atoms with Crippen LogP contribution in [0.5, 0.6) is 0 Å². The van der Waals surface area contributed by atoms with Gasteiger partial charge >= 0.3 is 0 Å². The molecule has 0 aliphatic heterocycles. The van der Waals surface area contributed by atoms with Crippen LogP contribution in [-0.2, 0) is 0 Å². The summed E-state index contributed by atoms with van der Waals surface area (Å²) < 4.78 is 13.3. The number of fused-ring (bicyclic) bond motifs is 1. The second-order valence-corrected chi connectivity index (χ2v) is 8.03. The number of halogens is 2. The van der Waals surface area contributed by atoms with E-state index in [1.165, 1.54) is 12.1 Å². The minimum Gasteiger partial charge on any atom is -0.354 e. The molecule has 1 amide bonds. The summed E-state index contributed by atoms with van der Waals surface area (Å²) in [5, 5.41) is 4.65. The lowest BCUT2D eigenvalue weighted by Gasteiger charge is -2.07. The number of carbonyl (C=O) groups is 1. The summed E-state index contributed by atoms with van der Waals surface area (Å²) >= 11 is 7.52. The summed E-state index contributed by atoms with van der Waals surface area (Å²) in [4.78, 5) is 16.8. The van der Waals surface area contributed by atoms with Gasteiger partial charge in [0.2, 0.25) is 0 Å². The first-order valence-electron chi connectivity index (χ1n) is 9.15. The Bertz CT molecular complexity index is 1140. The number of aromatic nitrogens is 1. The standard InChI is InChI=1S/C23H18ClFN2OS/c24-17-9-5-16(6-10-17)23(28)26-13-14-29-22-19-3-1-2-4-20(19)27-21(22)15-7-11-18(25)12-8-15/h1-12,27H,13-14H2,(H,26,28). The van der Waals surface area contributed by atoms with Gasteiger partial charge in [-0.3, -0.25) is 4.79 Å². The number of para-hydroxylation sites is 1. The molecule has 4 rings (SSSR count). The van der Waals surface area contributed by atoms with Crippen LogP contribution in [0.25, 0.3) is 22.2 Å². The molecular formula is C23H18ClFN2OS. The van der Waals surface area contributed by atoms with Gasteiger partial charge in [-0.25, -0.2) is 4.39 Å². The predicted octanol–water partition coefficient (Wildman–Crippen LogP) is 6.15. The fourth-order valence-corrected chi connectivity index (χ4v) is 4.29. The Hall–Kier alpha value is -2.76. The molecule has 0 radical (unpaired) electrons. The van der Waals surface area contributed by atoms with Crippen molar-refractivity contribution in [2.45, 2.75) is 4.90 Å². The van der Waals surface area contributed by atoms with Crippen molar-refractivity contribution < 1.29 is 9.18 Å². The Morgan fingerprint density at radius 3 is 2.48 bits per heavy atom. The van der Waals surface area contributed by atoms with Crippen molar-refractivity contribution in [3.05, 3.63) is 89.2 Å². The number of rotatable bonds is 6. The number of H-pyrrole nitrogens is 1. The SMILES string of the molecule is O=C(NCCSc1c(-c2ccc(F)cc2)[nH]c2ccccc12)c1ccc(Cl)cc1. The van der Waals surface area contributed by atoms with E-state index in [1.807, 2.05) is 18.2 Å². The Kier molecular flexibility index (Phi) is 5.88. The van der Waals surface area contributed by atoms with Crippen LogP contribution < -0.4 is 5.32 Å². The smallest absolute Gasteiger partial charge is 0.251 e. The van der Waals surface area contributed by atoms with E-state index in [2.05, 4.69) is 16.4 Å². The van der Waals surface area contributed by atoms with E-state index in [4.69, 9.17) is 11.6 Å². The highest BCUT2D eigenvalue weighted by Crippen LogP contribution is 2.37. The number of carbonyl (C=O) groups excluding carboxylic acids is 1. The van der Waals surface area contributed by atoms with Crippen LogP contribution in [0.15, 0.2) is 77.7 Å². The van der Waals surface area contributed by atoms with Gasteiger partial charge < -0.3 is 10.3 Å². The van der Waals surface area contributed by atoms with Gasteiger partial charge in [0.05, 0.1) is 5.69 Å². The summed E-state index contributed by atoms with van der Waals surface area (Å²) in [5.74, 6) is 0.318. The van der Waals surface area contributed by atoms with Crippen LogP contribution in [0.4, 0.5) is 4.39 Å². The first kappa shape index (κ1) is 19.6. The van der Waals surface area contributed by atoms with Crippen molar-refractivity contribution in [1.29, 1.82) is 0 Å². The zero-order valence-corrected chi connectivity index (χ0v) is 17.0. The average Bonchev–Trinajstić information content (AvgIpc) is 3.10. The minimum absolute atomic E-state index is 0.125. The molecule has 146 valence electrons. The van der Waals surface area contributed by atoms with Crippen LogP contribution in [-0.4, -0.2) is 23.2 Å². The number of thioether (sulfide) groups is 1. The maximum Gasteiger partial charge on any atom is 0.251 e. The lowest BCUT2D eigenvalue weighted by molar-refractivity contribution is 0.0956. The molecule has 3 nitrogen and oxygen atoms in total. The molecule has 29 heavy (non-hydrogen) atoms. The molecule has 0 atom stereocenters. The highest BCUT2D eigenvalue weighted by molar-refractivity contribution is 7.99. The molecule has 3 aromatic carbocycles. The van der Waals surface area contributed by atoms with E-state index in [0.29, 0.717) is 22.9 Å². The Morgan fingerprint density at radius 1 is 1.00 bits per heavy atom. The van der Waals surface area contributed by atoms with Crippen molar-refractivity contribution in [2.75, 3.05) is 12.3 Å². The van der Waals surface area contributed by atoms with Crippen molar-refractivity contribution >= 4 is 40.2 Å². The second-order valence-electron chi connectivity index (χ2n) is 6.49. The lowest BCUT2D eigenvalue weighted by Crippen LogP contribution is -2.25. The van der Waals surface area contributed by atoms with E-state index in [9.17, 15) is 9.18 Å². The van der Waals surface area contributed by atoms with E-state index in [0.717, 1.165) is 27.1 Å². The van der Waals surface area contributed by atoms with E-state index >= 15 is 0 Å². The van der Waals surface area contributed by atoms with E-state index < -0.39 is 0 Å². The molecule has 1 heterocycles.